The average molecular weight is 287 g/mol. The summed E-state index contributed by atoms with van der Waals surface area (Å²) in [7, 11) is 0. The van der Waals surface area contributed by atoms with E-state index in [1.807, 2.05) is 6.07 Å². The van der Waals surface area contributed by atoms with Gasteiger partial charge in [0.25, 0.3) is 0 Å². The van der Waals surface area contributed by atoms with Gasteiger partial charge in [-0.2, -0.15) is 0 Å². The third-order valence-electron chi connectivity index (χ3n) is 3.01. The fraction of sp³-hybridized carbons (Fsp3) is 0.500. The molecule has 1 aromatic carbocycles. The fourth-order valence-electron chi connectivity index (χ4n) is 1.99. The van der Waals surface area contributed by atoms with E-state index in [1.54, 1.807) is 12.1 Å². The molecule has 1 saturated heterocycles. The van der Waals surface area contributed by atoms with Crippen LogP contribution >= 0.6 is 15.9 Å². The van der Waals surface area contributed by atoms with Gasteiger partial charge in [0.1, 0.15) is 5.82 Å². The molecule has 0 bridgehead atoms. The van der Waals surface area contributed by atoms with E-state index in [9.17, 15) is 4.39 Å². The van der Waals surface area contributed by atoms with Gasteiger partial charge in [-0.15, -0.1) is 0 Å². The van der Waals surface area contributed by atoms with Gasteiger partial charge in [0, 0.05) is 32.2 Å². The van der Waals surface area contributed by atoms with E-state index >= 15 is 0 Å². The Balaban J connectivity index is 2.05. The Kier molecular flexibility index (Phi) is 3.95. The molecule has 4 heteroatoms. The minimum Gasteiger partial charge on any atom is -0.314 e. The van der Waals surface area contributed by atoms with Gasteiger partial charge < -0.3 is 5.32 Å². The van der Waals surface area contributed by atoms with Gasteiger partial charge in [-0.1, -0.05) is 6.07 Å². The van der Waals surface area contributed by atoms with Crippen molar-refractivity contribution >= 4 is 15.9 Å². The number of piperazine rings is 1. The summed E-state index contributed by atoms with van der Waals surface area (Å²) in [6.45, 7) is 6.08. The quantitative estimate of drug-likeness (QED) is 0.898. The third kappa shape index (κ3) is 2.81. The van der Waals surface area contributed by atoms with Gasteiger partial charge in [0.15, 0.2) is 0 Å². The Hall–Kier alpha value is -0.450. The van der Waals surface area contributed by atoms with Gasteiger partial charge in [-0.25, -0.2) is 4.39 Å². The van der Waals surface area contributed by atoms with Crippen LogP contribution in [0.3, 0.4) is 0 Å². The maximum Gasteiger partial charge on any atom is 0.137 e. The minimum absolute atomic E-state index is 0.180. The molecular formula is C12H16BrFN2. The topological polar surface area (TPSA) is 15.3 Å². The van der Waals surface area contributed by atoms with E-state index in [1.165, 1.54) is 0 Å². The Labute approximate surface area is 104 Å². The number of halogens is 2. The summed E-state index contributed by atoms with van der Waals surface area (Å²) in [5, 5.41) is 3.35. The number of hydrogen-bond acceptors (Lipinski definition) is 2. The second-order valence-corrected chi connectivity index (χ2v) is 5.13. The summed E-state index contributed by atoms with van der Waals surface area (Å²) >= 11 is 3.17. The largest absolute Gasteiger partial charge is 0.314 e. The lowest BCUT2D eigenvalue weighted by molar-refractivity contribution is 0.165. The highest BCUT2D eigenvalue weighted by Crippen LogP contribution is 2.18. The zero-order chi connectivity index (χ0) is 11.5. The molecule has 0 aliphatic carbocycles. The highest BCUT2D eigenvalue weighted by molar-refractivity contribution is 9.10. The van der Waals surface area contributed by atoms with E-state index < -0.39 is 0 Å². The van der Waals surface area contributed by atoms with Crippen LogP contribution in [0.4, 0.5) is 4.39 Å². The molecule has 1 aliphatic heterocycles. The molecule has 1 aliphatic rings. The molecule has 1 heterocycles. The van der Waals surface area contributed by atoms with E-state index in [0.29, 0.717) is 10.5 Å². The first-order valence-electron chi connectivity index (χ1n) is 5.55. The lowest BCUT2D eigenvalue weighted by Gasteiger charge is -2.33. The molecule has 0 amide bonds. The van der Waals surface area contributed by atoms with Crippen LogP contribution in [0.2, 0.25) is 0 Å². The summed E-state index contributed by atoms with van der Waals surface area (Å²) in [4.78, 5) is 2.37. The molecule has 16 heavy (non-hydrogen) atoms. The van der Waals surface area contributed by atoms with Crippen molar-refractivity contribution in [3.05, 3.63) is 34.1 Å². The number of rotatable bonds is 2. The molecule has 1 aromatic rings. The molecule has 2 rings (SSSR count). The summed E-state index contributed by atoms with van der Waals surface area (Å²) in [6.07, 6.45) is 0. The smallest absolute Gasteiger partial charge is 0.137 e. The summed E-state index contributed by atoms with van der Waals surface area (Å²) in [5.41, 5.74) is 1.04. The molecule has 0 aromatic heterocycles. The summed E-state index contributed by atoms with van der Waals surface area (Å²) < 4.78 is 13.9. The Morgan fingerprint density at radius 3 is 3.06 bits per heavy atom. The Morgan fingerprint density at radius 2 is 2.38 bits per heavy atom. The van der Waals surface area contributed by atoms with Crippen LogP contribution in [0.25, 0.3) is 0 Å². The van der Waals surface area contributed by atoms with Crippen LogP contribution < -0.4 is 5.32 Å². The predicted molar refractivity (Wildman–Crippen MR) is 66.8 cm³/mol. The standard InChI is InChI=1S/C12H16BrFN2/c1-9-7-15-4-5-16(9)8-10-2-3-11(13)12(14)6-10/h2-3,6,9,15H,4-5,7-8H2,1H3/t9-/m1/s1. The first-order chi connectivity index (χ1) is 7.66. The van der Waals surface area contributed by atoms with Crippen molar-refractivity contribution in [2.75, 3.05) is 19.6 Å². The molecule has 0 radical (unpaired) electrons. The van der Waals surface area contributed by atoms with Crippen molar-refractivity contribution in [1.82, 2.24) is 10.2 Å². The number of benzene rings is 1. The molecule has 1 fully saturated rings. The second kappa shape index (κ2) is 5.25. The zero-order valence-electron chi connectivity index (χ0n) is 9.34. The predicted octanol–water partition coefficient (Wildman–Crippen LogP) is 2.38. The van der Waals surface area contributed by atoms with Crippen molar-refractivity contribution in [3.63, 3.8) is 0 Å². The van der Waals surface area contributed by atoms with Crippen molar-refractivity contribution in [1.29, 1.82) is 0 Å². The molecular weight excluding hydrogens is 271 g/mol. The first-order valence-corrected chi connectivity index (χ1v) is 6.35. The summed E-state index contributed by atoms with van der Waals surface area (Å²) in [5.74, 6) is -0.180. The van der Waals surface area contributed by atoms with Crippen LogP contribution in [0, 0.1) is 5.82 Å². The number of nitrogens with one attached hydrogen (secondary N) is 1. The van der Waals surface area contributed by atoms with Crippen LogP contribution in [-0.4, -0.2) is 30.6 Å². The van der Waals surface area contributed by atoms with Gasteiger partial charge >= 0.3 is 0 Å². The average Bonchev–Trinajstić information content (AvgIpc) is 2.27. The molecule has 0 spiro atoms. The molecule has 0 saturated carbocycles. The zero-order valence-corrected chi connectivity index (χ0v) is 10.9. The SMILES string of the molecule is C[C@@H]1CNCCN1Cc1ccc(Br)c(F)c1. The molecule has 1 atom stereocenters. The van der Waals surface area contributed by atoms with Crippen LogP contribution in [-0.2, 0) is 6.54 Å². The fourth-order valence-corrected chi connectivity index (χ4v) is 2.24. The maximum atomic E-state index is 13.4. The first kappa shape index (κ1) is 12.0. The Morgan fingerprint density at radius 1 is 1.56 bits per heavy atom. The lowest BCUT2D eigenvalue weighted by atomic mass is 10.1. The highest BCUT2D eigenvalue weighted by atomic mass is 79.9. The normalized spacial score (nSPS) is 22.3. The van der Waals surface area contributed by atoms with Crippen molar-refractivity contribution in [2.45, 2.75) is 19.5 Å². The second-order valence-electron chi connectivity index (χ2n) is 4.27. The van der Waals surface area contributed by atoms with Crippen LogP contribution in [0.15, 0.2) is 22.7 Å². The van der Waals surface area contributed by atoms with E-state index in [-0.39, 0.29) is 5.82 Å². The molecule has 1 N–H and O–H groups in total. The number of nitrogens with zero attached hydrogens (tertiary/aromatic N) is 1. The molecule has 88 valence electrons. The monoisotopic (exact) mass is 286 g/mol. The Bertz CT molecular complexity index is 370. The van der Waals surface area contributed by atoms with Gasteiger partial charge in [-0.05, 0) is 40.5 Å². The van der Waals surface area contributed by atoms with E-state index in [2.05, 4.69) is 33.1 Å². The van der Waals surface area contributed by atoms with Gasteiger partial charge in [-0.3, -0.25) is 4.90 Å². The van der Waals surface area contributed by atoms with Crippen molar-refractivity contribution in [3.8, 4) is 0 Å². The van der Waals surface area contributed by atoms with Crippen molar-refractivity contribution in [2.24, 2.45) is 0 Å². The number of hydrogen-bond donors (Lipinski definition) is 1. The molecule has 2 nitrogen and oxygen atoms in total. The van der Waals surface area contributed by atoms with Crippen LogP contribution in [0.5, 0.6) is 0 Å². The minimum atomic E-state index is -0.180. The van der Waals surface area contributed by atoms with E-state index in [0.717, 1.165) is 31.7 Å². The maximum absolute atomic E-state index is 13.4. The van der Waals surface area contributed by atoms with Gasteiger partial charge in [0.05, 0.1) is 4.47 Å². The van der Waals surface area contributed by atoms with Crippen LogP contribution in [0.1, 0.15) is 12.5 Å². The molecule has 0 unspecified atom stereocenters. The summed E-state index contributed by atoms with van der Waals surface area (Å²) in [6, 6.07) is 5.87. The van der Waals surface area contributed by atoms with Gasteiger partial charge in [0.2, 0.25) is 0 Å². The van der Waals surface area contributed by atoms with E-state index in [4.69, 9.17) is 0 Å². The third-order valence-corrected chi connectivity index (χ3v) is 3.65. The lowest BCUT2D eigenvalue weighted by Crippen LogP contribution is -2.49. The van der Waals surface area contributed by atoms with Crippen molar-refractivity contribution < 1.29 is 4.39 Å². The highest BCUT2D eigenvalue weighted by Gasteiger charge is 2.17.